The van der Waals surface area contributed by atoms with Gasteiger partial charge in [0, 0.05) is 36.6 Å². The molecule has 0 aromatic carbocycles. The Labute approximate surface area is 155 Å². The van der Waals surface area contributed by atoms with Crippen LogP contribution in [-0.4, -0.2) is 39.2 Å². The second-order valence-corrected chi connectivity index (χ2v) is 7.76. The molecule has 1 aromatic heterocycles. The Hall–Kier alpha value is -1.30. The van der Waals surface area contributed by atoms with Crippen LogP contribution in [0.4, 0.5) is 0 Å². The number of nitrogens with zero attached hydrogens (tertiary/aromatic N) is 3. The molecule has 0 saturated heterocycles. The summed E-state index contributed by atoms with van der Waals surface area (Å²) in [6, 6.07) is 0. The maximum Gasteiger partial charge on any atom is 0.257 e. The van der Waals surface area contributed by atoms with Gasteiger partial charge in [-0.1, -0.05) is 45.4 Å². The van der Waals surface area contributed by atoms with Gasteiger partial charge in [0.15, 0.2) is 5.16 Å². The monoisotopic (exact) mass is 365 g/mol. The summed E-state index contributed by atoms with van der Waals surface area (Å²) in [4.78, 5) is 32.4. The van der Waals surface area contributed by atoms with Crippen LogP contribution in [0.15, 0.2) is 9.95 Å². The summed E-state index contributed by atoms with van der Waals surface area (Å²) < 4.78 is 1.72. The smallest absolute Gasteiger partial charge is 0.257 e. The summed E-state index contributed by atoms with van der Waals surface area (Å²) in [6.07, 6.45) is 4.92. The van der Waals surface area contributed by atoms with Gasteiger partial charge in [-0.05, 0) is 26.2 Å². The molecule has 1 aliphatic rings. The third-order valence-electron chi connectivity index (χ3n) is 4.83. The van der Waals surface area contributed by atoms with Crippen LogP contribution in [0.5, 0.6) is 0 Å². The Morgan fingerprint density at radius 1 is 1.24 bits per heavy atom. The van der Waals surface area contributed by atoms with Crippen LogP contribution >= 0.6 is 11.8 Å². The normalized spacial score (nSPS) is 16.6. The SMILES string of the molecule is CCCCN(CCCC)C(=O)C1CSc2nc(C)c(CC)c(=O)n2C1. The number of carbonyl (C=O) groups excluding carboxylic acids is 1. The standard InChI is InChI=1S/C19H31N3O2S/c1-5-8-10-21(11-9-6-2)17(23)15-12-22-18(24)16(7-3)14(4)20-19(22)25-13-15/h15H,5-13H2,1-4H3. The number of hydrogen-bond donors (Lipinski definition) is 0. The molecule has 1 atom stereocenters. The number of rotatable bonds is 8. The molecule has 1 aromatic rings. The lowest BCUT2D eigenvalue weighted by Crippen LogP contribution is -2.43. The van der Waals surface area contributed by atoms with Crippen molar-refractivity contribution in [2.24, 2.45) is 5.92 Å². The van der Waals surface area contributed by atoms with E-state index in [0.29, 0.717) is 18.7 Å². The first kappa shape index (κ1) is 20.0. The Kier molecular flexibility index (Phi) is 7.54. The van der Waals surface area contributed by atoms with Crippen molar-refractivity contribution in [3.8, 4) is 0 Å². The molecule has 1 unspecified atom stereocenters. The maximum absolute atomic E-state index is 13.0. The van der Waals surface area contributed by atoms with E-state index in [9.17, 15) is 9.59 Å². The van der Waals surface area contributed by atoms with Gasteiger partial charge in [-0.15, -0.1) is 0 Å². The highest BCUT2D eigenvalue weighted by Crippen LogP contribution is 2.27. The third kappa shape index (κ3) is 4.66. The van der Waals surface area contributed by atoms with Gasteiger partial charge in [0.25, 0.3) is 5.56 Å². The Morgan fingerprint density at radius 3 is 2.44 bits per heavy atom. The van der Waals surface area contributed by atoms with E-state index in [-0.39, 0.29) is 17.4 Å². The fourth-order valence-electron chi connectivity index (χ4n) is 3.24. The van der Waals surface area contributed by atoms with Gasteiger partial charge in [-0.3, -0.25) is 14.2 Å². The van der Waals surface area contributed by atoms with E-state index < -0.39 is 0 Å². The second kappa shape index (κ2) is 9.41. The minimum absolute atomic E-state index is 0.0312. The largest absolute Gasteiger partial charge is 0.342 e. The van der Waals surface area contributed by atoms with Crippen molar-refractivity contribution in [2.45, 2.75) is 71.5 Å². The van der Waals surface area contributed by atoms with Crippen molar-refractivity contribution >= 4 is 17.7 Å². The number of thioether (sulfide) groups is 1. The average Bonchev–Trinajstić information content (AvgIpc) is 2.61. The first-order valence-corrected chi connectivity index (χ1v) is 10.5. The van der Waals surface area contributed by atoms with Gasteiger partial charge in [-0.25, -0.2) is 4.98 Å². The molecule has 1 aliphatic heterocycles. The molecule has 0 radical (unpaired) electrons. The first-order chi connectivity index (χ1) is 12.0. The van der Waals surface area contributed by atoms with Crippen molar-refractivity contribution < 1.29 is 4.79 Å². The lowest BCUT2D eigenvalue weighted by Gasteiger charge is -2.30. The number of aromatic nitrogens is 2. The van der Waals surface area contributed by atoms with E-state index in [4.69, 9.17) is 0 Å². The fourth-order valence-corrected chi connectivity index (χ4v) is 4.35. The zero-order chi connectivity index (χ0) is 18.4. The molecule has 2 heterocycles. The van der Waals surface area contributed by atoms with Crippen LogP contribution < -0.4 is 5.56 Å². The number of fused-ring (bicyclic) bond motifs is 1. The molecule has 6 heteroatoms. The fraction of sp³-hybridized carbons (Fsp3) is 0.737. The number of aryl methyl sites for hydroxylation is 1. The Morgan fingerprint density at radius 2 is 1.88 bits per heavy atom. The van der Waals surface area contributed by atoms with E-state index in [2.05, 4.69) is 18.8 Å². The number of hydrogen-bond acceptors (Lipinski definition) is 4. The molecule has 140 valence electrons. The van der Waals surface area contributed by atoms with Crippen molar-refractivity contribution in [2.75, 3.05) is 18.8 Å². The van der Waals surface area contributed by atoms with Gasteiger partial charge < -0.3 is 4.90 Å². The zero-order valence-corrected chi connectivity index (χ0v) is 16.8. The minimum atomic E-state index is -0.127. The molecule has 0 spiro atoms. The molecule has 0 N–H and O–H groups in total. The number of amides is 1. The maximum atomic E-state index is 13.0. The third-order valence-corrected chi connectivity index (χ3v) is 5.97. The summed E-state index contributed by atoms with van der Waals surface area (Å²) in [5, 5.41) is 0.761. The summed E-state index contributed by atoms with van der Waals surface area (Å²) >= 11 is 1.54. The molecule has 0 aliphatic carbocycles. The van der Waals surface area contributed by atoms with Crippen molar-refractivity contribution in [3.63, 3.8) is 0 Å². The van der Waals surface area contributed by atoms with Crippen molar-refractivity contribution in [1.29, 1.82) is 0 Å². The van der Waals surface area contributed by atoms with Crippen LogP contribution in [0.3, 0.4) is 0 Å². The van der Waals surface area contributed by atoms with Gasteiger partial charge in [-0.2, -0.15) is 0 Å². The summed E-state index contributed by atoms with van der Waals surface area (Å²) in [6.45, 7) is 10.3. The van der Waals surface area contributed by atoms with Crippen molar-refractivity contribution in [1.82, 2.24) is 14.5 Å². The van der Waals surface area contributed by atoms with E-state index in [1.807, 2.05) is 18.7 Å². The molecular weight excluding hydrogens is 334 g/mol. The van der Waals surface area contributed by atoms with Crippen molar-refractivity contribution in [3.05, 3.63) is 21.6 Å². The lowest BCUT2D eigenvalue weighted by atomic mass is 10.1. The van der Waals surface area contributed by atoms with Gasteiger partial charge in [0.2, 0.25) is 5.91 Å². The molecule has 0 fully saturated rings. The van der Waals surface area contributed by atoms with Crippen LogP contribution in [0.25, 0.3) is 0 Å². The molecule has 5 nitrogen and oxygen atoms in total. The van der Waals surface area contributed by atoms with E-state index in [0.717, 1.165) is 55.2 Å². The highest BCUT2D eigenvalue weighted by atomic mass is 32.2. The van der Waals surface area contributed by atoms with E-state index in [1.54, 1.807) is 16.3 Å². The lowest BCUT2D eigenvalue weighted by molar-refractivity contribution is -0.135. The predicted octanol–water partition coefficient (Wildman–Crippen LogP) is 3.26. The Bertz CT molecular complexity index is 649. The first-order valence-electron chi connectivity index (χ1n) is 9.55. The van der Waals surface area contributed by atoms with Crippen LogP contribution in [0, 0.1) is 12.8 Å². The zero-order valence-electron chi connectivity index (χ0n) is 16.0. The number of carbonyl (C=O) groups is 1. The molecule has 1 amide bonds. The van der Waals surface area contributed by atoms with Crippen LogP contribution in [0.2, 0.25) is 0 Å². The van der Waals surface area contributed by atoms with E-state index in [1.165, 1.54) is 0 Å². The predicted molar refractivity (Wildman–Crippen MR) is 103 cm³/mol. The molecule has 25 heavy (non-hydrogen) atoms. The topological polar surface area (TPSA) is 55.2 Å². The second-order valence-electron chi connectivity index (χ2n) is 6.77. The van der Waals surface area contributed by atoms with E-state index >= 15 is 0 Å². The summed E-state index contributed by atoms with van der Waals surface area (Å²) in [5.41, 5.74) is 1.62. The number of unbranched alkanes of at least 4 members (excludes halogenated alkanes) is 2. The van der Waals surface area contributed by atoms with Gasteiger partial charge in [0.05, 0.1) is 5.92 Å². The molecule has 0 bridgehead atoms. The summed E-state index contributed by atoms with van der Waals surface area (Å²) in [5.74, 6) is 0.786. The van der Waals surface area contributed by atoms with Gasteiger partial charge >= 0.3 is 0 Å². The highest BCUT2D eigenvalue weighted by Gasteiger charge is 2.30. The van der Waals surface area contributed by atoms with Crippen LogP contribution in [0.1, 0.15) is 57.7 Å². The highest BCUT2D eigenvalue weighted by molar-refractivity contribution is 7.99. The summed E-state index contributed by atoms with van der Waals surface area (Å²) in [7, 11) is 0. The Balaban J connectivity index is 2.19. The van der Waals surface area contributed by atoms with Crippen LogP contribution in [-0.2, 0) is 17.8 Å². The molecular formula is C19H31N3O2S. The van der Waals surface area contributed by atoms with Gasteiger partial charge in [0.1, 0.15) is 0 Å². The minimum Gasteiger partial charge on any atom is -0.342 e. The molecule has 0 saturated carbocycles. The molecule has 2 rings (SSSR count). The average molecular weight is 366 g/mol. The quantitative estimate of drug-likeness (QED) is 0.664.